The van der Waals surface area contributed by atoms with Gasteiger partial charge in [-0.05, 0) is 25.0 Å². The van der Waals surface area contributed by atoms with E-state index in [9.17, 15) is 10.1 Å². The number of benzene rings is 1. The van der Waals surface area contributed by atoms with Crippen LogP contribution in [-0.2, 0) is 0 Å². The highest BCUT2D eigenvalue weighted by Gasteiger charge is 2.30. The first-order valence-corrected chi connectivity index (χ1v) is 6.15. The van der Waals surface area contributed by atoms with Crippen LogP contribution >= 0.6 is 15.9 Å². The fourth-order valence-corrected chi connectivity index (χ4v) is 2.48. The van der Waals surface area contributed by atoms with Gasteiger partial charge >= 0.3 is 5.69 Å². The standard InChI is InChI=1S/C11H12BrNO4/c1-16-8-2-3-11(10(6-8)13(14)15)17-9-4-7(12)5-9/h2-3,6-7,9H,4-5H2,1H3. The van der Waals surface area contributed by atoms with Gasteiger partial charge in [0, 0.05) is 4.83 Å². The first-order valence-electron chi connectivity index (χ1n) is 5.23. The molecule has 0 aliphatic heterocycles. The van der Waals surface area contributed by atoms with Crippen molar-refractivity contribution >= 4 is 21.6 Å². The summed E-state index contributed by atoms with van der Waals surface area (Å²) in [7, 11) is 1.47. The minimum absolute atomic E-state index is 0.0534. The number of nitrogens with zero attached hydrogens (tertiary/aromatic N) is 1. The van der Waals surface area contributed by atoms with Gasteiger partial charge in [0.2, 0.25) is 0 Å². The monoisotopic (exact) mass is 301 g/mol. The van der Waals surface area contributed by atoms with Crippen LogP contribution in [0.4, 0.5) is 5.69 Å². The number of hydrogen-bond acceptors (Lipinski definition) is 4. The molecule has 1 saturated carbocycles. The molecule has 17 heavy (non-hydrogen) atoms. The van der Waals surface area contributed by atoms with E-state index in [0.717, 1.165) is 12.8 Å². The van der Waals surface area contributed by atoms with Crippen molar-refractivity contribution in [2.75, 3.05) is 7.11 Å². The first-order chi connectivity index (χ1) is 8.10. The van der Waals surface area contributed by atoms with Crippen molar-refractivity contribution < 1.29 is 14.4 Å². The summed E-state index contributed by atoms with van der Waals surface area (Å²) in [5, 5.41) is 10.9. The van der Waals surface area contributed by atoms with Gasteiger partial charge in [0.05, 0.1) is 18.1 Å². The number of halogens is 1. The molecule has 0 radical (unpaired) electrons. The molecular weight excluding hydrogens is 290 g/mol. The van der Waals surface area contributed by atoms with Gasteiger partial charge in [-0.2, -0.15) is 0 Å². The number of alkyl halides is 1. The molecule has 1 fully saturated rings. The molecule has 1 aromatic rings. The molecule has 0 aromatic heterocycles. The van der Waals surface area contributed by atoms with Gasteiger partial charge in [-0.25, -0.2) is 0 Å². The average molecular weight is 302 g/mol. The Bertz CT molecular complexity index is 431. The summed E-state index contributed by atoms with van der Waals surface area (Å²) < 4.78 is 10.5. The number of nitro groups is 1. The largest absolute Gasteiger partial charge is 0.496 e. The molecule has 1 aliphatic carbocycles. The zero-order valence-corrected chi connectivity index (χ0v) is 10.8. The summed E-state index contributed by atoms with van der Waals surface area (Å²) in [6, 6.07) is 4.62. The Balaban J connectivity index is 2.17. The van der Waals surface area contributed by atoms with Crippen molar-refractivity contribution in [3.05, 3.63) is 28.3 Å². The Hall–Kier alpha value is -1.30. The highest BCUT2D eigenvalue weighted by atomic mass is 79.9. The summed E-state index contributed by atoms with van der Waals surface area (Å²) in [5.74, 6) is 0.760. The second kappa shape index (κ2) is 4.91. The SMILES string of the molecule is COc1ccc(OC2CC(Br)C2)c([N+](=O)[O-])c1. The van der Waals surface area contributed by atoms with Gasteiger partial charge in [-0.1, -0.05) is 15.9 Å². The predicted molar refractivity (Wildman–Crippen MR) is 66.0 cm³/mol. The van der Waals surface area contributed by atoms with Crippen LogP contribution in [0, 0.1) is 10.1 Å². The third-order valence-corrected chi connectivity index (χ3v) is 3.44. The van der Waals surface area contributed by atoms with E-state index in [1.54, 1.807) is 12.1 Å². The van der Waals surface area contributed by atoms with Crippen LogP contribution in [0.2, 0.25) is 0 Å². The maximum atomic E-state index is 10.9. The van der Waals surface area contributed by atoms with Crippen molar-refractivity contribution in [2.45, 2.75) is 23.8 Å². The molecule has 5 nitrogen and oxygen atoms in total. The molecule has 0 spiro atoms. The molecule has 0 heterocycles. The van der Waals surface area contributed by atoms with Crippen molar-refractivity contribution in [2.24, 2.45) is 0 Å². The quantitative estimate of drug-likeness (QED) is 0.487. The van der Waals surface area contributed by atoms with Crippen LogP contribution in [0.15, 0.2) is 18.2 Å². The number of nitro benzene ring substituents is 1. The Labute approximate surface area is 107 Å². The molecule has 0 unspecified atom stereocenters. The Morgan fingerprint density at radius 1 is 1.47 bits per heavy atom. The van der Waals surface area contributed by atoms with Crippen LogP contribution in [0.3, 0.4) is 0 Å². The van der Waals surface area contributed by atoms with Crippen molar-refractivity contribution in [1.29, 1.82) is 0 Å². The Kier molecular flexibility index (Phi) is 3.51. The third kappa shape index (κ3) is 2.69. The fourth-order valence-electron chi connectivity index (χ4n) is 1.64. The van der Waals surface area contributed by atoms with Crippen LogP contribution in [0.25, 0.3) is 0 Å². The van der Waals surface area contributed by atoms with Crippen LogP contribution in [0.1, 0.15) is 12.8 Å². The summed E-state index contributed by atoms with van der Waals surface area (Å²) >= 11 is 3.45. The number of methoxy groups -OCH3 is 1. The molecule has 2 rings (SSSR count). The molecule has 0 atom stereocenters. The van der Waals surface area contributed by atoms with Gasteiger partial charge in [0.25, 0.3) is 0 Å². The van der Waals surface area contributed by atoms with Crippen molar-refractivity contribution in [3.63, 3.8) is 0 Å². The van der Waals surface area contributed by atoms with Gasteiger partial charge < -0.3 is 9.47 Å². The lowest BCUT2D eigenvalue weighted by Gasteiger charge is -2.31. The Morgan fingerprint density at radius 2 is 2.18 bits per heavy atom. The van der Waals surface area contributed by atoms with E-state index in [-0.39, 0.29) is 11.8 Å². The molecule has 0 saturated heterocycles. The highest BCUT2D eigenvalue weighted by Crippen LogP contribution is 2.36. The molecule has 0 N–H and O–H groups in total. The van der Waals surface area contributed by atoms with Crippen LogP contribution < -0.4 is 9.47 Å². The molecule has 92 valence electrons. The zero-order valence-electron chi connectivity index (χ0n) is 9.26. The predicted octanol–water partition coefficient (Wildman–Crippen LogP) is 2.91. The van der Waals surface area contributed by atoms with E-state index >= 15 is 0 Å². The first kappa shape index (κ1) is 12.2. The molecule has 0 bridgehead atoms. The van der Waals surface area contributed by atoms with Gasteiger partial charge in [0.15, 0.2) is 5.75 Å². The maximum absolute atomic E-state index is 10.9. The topological polar surface area (TPSA) is 61.6 Å². The Morgan fingerprint density at radius 3 is 2.71 bits per heavy atom. The maximum Gasteiger partial charge on any atom is 0.314 e. The minimum Gasteiger partial charge on any atom is -0.496 e. The molecule has 6 heteroatoms. The lowest BCUT2D eigenvalue weighted by Crippen LogP contribution is -2.34. The number of ether oxygens (including phenoxy) is 2. The second-order valence-corrected chi connectivity index (χ2v) is 5.19. The third-order valence-electron chi connectivity index (χ3n) is 2.69. The average Bonchev–Trinajstić information content (AvgIpc) is 2.27. The summed E-state index contributed by atoms with van der Waals surface area (Å²) in [5.41, 5.74) is -0.0534. The zero-order chi connectivity index (χ0) is 12.4. The van der Waals surface area contributed by atoms with E-state index in [4.69, 9.17) is 9.47 Å². The van der Waals surface area contributed by atoms with Crippen molar-refractivity contribution in [3.8, 4) is 11.5 Å². The van der Waals surface area contributed by atoms with E-state index < -0.39 is 4.92 Å². The van der Waals surface area contributed by atoms with E-state index in [1.165, 1.54) is 13.2 Å². The molecule has 1 aromatic carbocycles. The van der Waals surface area contributed by atoms with E-state index in [2.05, 4.69) is 15.9 Å². The smallest absolute Gasteiger partial charge is 0.314 e. The van der Waals surface area contributed by atoms with Gasteiger partial charge in [-0.15, -0.1) is 0 Å². The fraction of sp³-hybridized carbons (Fsp3) is 0.455. The molecule has 0 amide bonds. The summed E-state index contributed by atoms with van der Waals surface area (Å²) in [4.78, 5) is 10.9. The lowest BCUT2D eigenvalue weighted by molar-refractivity contribution is -0.386. The molecular formula is C11H12BrNO4. The minimum atomic E-state index is -0.456. The number of rotatable bonds is 4. The normalized spacial score (nSPS) is 22.7. The number of hydrogen-bond donors (Lipinski definition) is 0. The van der Waals surface area contributed by atoms with Gasteiger partial charge in [0.1, 0.15) is 11.9 Å². The summed E-state index contributed by atoms with van der Waals surface area (Å²) in [6.45, 7) is 0. The lowest BCUT2D eigenvalue weighted by atomic mass is 9.96. The second-order valence-electron chi connectivity index (χ2n) is 3.90. The molecule has 1 aliphatic rings. The summed E-state index contributed by atoms with van der Waals surface area (Å²) in [6.07, 6.45) is 1.82. The van der Waals surface area contributed by atoms with Crippen LogP contribution in [0.5, 0.6) is 11.5 Å². The van der Waals surface area contributed by atoms with E-state index in [0.29, 0.717) is 16.3 Å². The van der Waals surface area contributed by atoms with Gasteiger partial charge in [-0.3, -0.25) is 10.1 Å². The van der Waals surface area contributed by atoms with Crippen molar-refractivity contribution in [1.82, 2.24) is 0 Å². The highest BCUT2D eigenvalue weighted by molar-refractivity contribution is 9.09. The van der Waals surface area contributed by atoms with E-state index in [1.807, 2.05) is 0 Å². The van der Waals surface area contributed by atoms with Crippen LogP contribution in [-0.4, -0.2) is 23.0 Å².